The lowest BCUT2D eigenvalue weighted by Crippen LogP contribution is -2.30. The Hall–Kier alpha value is -2.81. The van der Waals surface area contributed by atoms with E-state index in [9.17, 15) is 4.79 Å². The highest BCUT2D eigenvalue weighted by molar-refractivity contribution is 7.10. The lowest BCUT2D eigenvalue weighted by molar-refractivity contribution is 0.252. The van der Waals surface area contributed by atoms with E-state index in [-0.39, 0.29) is 6.03 Å². The highest BCUT2D eigenvalue weighted by Gasteiger charge is 2.12. The molecule has 1 aromatic carbocycles. The Kier molecular flexibility index (Phi) is 5.34. The molecular formula is C16H19N7OS. The first-order valence-electron chi connectivity index (χ1n) is 7.94. The maximum absolute atomic E-state index is 12.1. The number of carbonyl (C=O) groups is 1. The van der Waals surface area contributed by atoms with Crippen LogP contribution in [0.15, 0.2) is 30.3 Å². The van der Waals surface area contributed by atoms with Gasteiger partial charge in [-0.1, -0.05) is 34.8 Å². The van der Waals surface area contributed by atoms with Crippen molar-refractivity contribution in [3.05, 3.63) is 42.0 Å². The first-order valence-corrected chi connectivity index (χ1v) is 8.71. The average Bonchev–Trinajstić information content (AvgIpc) is 3.18. The zero-order valence-electron chi connectivity index (χ0n) is 14.1. The Bertz CT molecular complexity index is 843. The third-order valence-electron chi connectivity index (χ3n) is 3.56. The Labute approximate surface area is 149 Å². The molecule has 25 heavy (non-hydrogen) atoms. The molecular weight excluding hydrogens is 338 g/mol. The molecule has 3 aromatic rings. The summed E-state index contributed by atoms with van der Waals surface area (Å²) in [6.45, 7) is 5.03. The summed E-state index contributed by atoms with van der Waals surface area (Å²) in [5.41, 5.74) is 1.60. The molecule has 0 spiro atoms. The summed E-state index contributed by atoms with van der Waals surface area (Å²) in [5, 5.41) is 14.7. The quantitative estimate of drug-likeness (QED) is 0.661. The van der Waals surface area contributed by atoms with Crippen molar-refractivity contribution >= 4 is 22.6 Å². The van der Waals surface area contributed by atoms with E-state index in [4.69, 9.17) is 0 Å². The molecule has 0 fully saturated rings. The van der Waals surface area contributed by atoms with E-state index in [0.29, 0.717) is 23.8 Å². The molecule has 0 aliphatic carbocycles. The smallest absolute Gasteiger partial charge is 0.319 e. The van der Waals surface area contributed by atoms with Crippen molar-refractivity contribution in [1.29, 1.82) is 0 Å². The number of amides is 2. The van der Waals surface area contributed by atoms with Gasteiger partial charge in [-0.15, -0.1) is 5.10 Å². The van der Waals surface area contributed by atoms with Crippen LogP contribution in [0, 0.1) is 13.8 Å². The molecule has 2 N–H and O–H groups in total. The fourth-order valence-electron chi connectivity index (χ4n) is 2.41. The third-order valence-corrected chi connectivity index (χ3v) is 4.20. The van der Waals surface area contributed by atoms with Crippen molar-refractivity contribution in [2.75, 3.05) is 11.9 Å². The van der Waals surface area contributed by atoms with Gasteiger partial charge in [0.25, 0.3) is 0 Å². The van der Waals surface area contributed by atoms with E-state index in [1.807, 2.05) is 48.9 Å². The highest BCUT2D eigenvalue weighted by atomic mass is 32.1. The molecule has 0 saturated carbocycles. The number of aryl methyl sites for hydroxylation is 3. The molecule has 2 amide bonds. The molecule has 0 radical (unpaired) electrons. The number of rotatable bonds is 6. The van der Waals surface area contributed by atoms with Gasteiger partial charge in [0.2, 0.25) is 0 Å². The summed E-state index contributed by atoms with van der Waals surface area (Å²) < 4.78 is 5.77. The Morgan fingerprint density at radius 1 is 1.24 bits per heavy atom. The zero-order chi connectivity index (χ0) is 17.6. The van der Waals surface area contributed by atoms with Crippen LogP contribution < -0.4 is 10.6 Å². The molecule has 0 atom stereocenters. The van der Waals surface area contributed by atoms with Crippen LogP contribution in [0.5, 0.6) is 0 Å². The second-order valence-corrected chi connectivity index (χ2v) is 6.23. The van der Waals surface area contributed by atoms with Crippen molar-refractivity contribution in [3.63, 3.8) is 0 Å². The average molecular weight is 357 g/mol. The molecule has 9 heteroatoms. The van der Waals surface area contributed by atoms with Gasteiger partial charge in [0.15, 0.2) is 0 Å². The number of nitrogens with one attached hydrogen (secondary N) is 2. The lowest BCUT2D eigenvalue weighted by Gasteiger charge is -2.07. The number of urea groups is 1. The number of anilines is 1. The van der Waals surface area contributed by atoms with Crippen LogP contribution in [-0.2, 0) is 6.54 Å². The largest absolute Gasteiger partial charge is 0.338 e. The van der Waals surface area contributed by atoms with Crippen molar-refractivity contribution in [2.24, 2.45) is 0 Å². The predicted molar refractivity (Wildman–Crippen MR) is 96.5 cm³/mol. The van der Waals surface area contributed by atoms with E-state index in [0.717, 1.165) is 35.2 Å². The van der Waals surface area contributed by atoms with E-state index in [1.54, 1.807) is 0 Å². The van der Waals surface area contributed by atoms with Crippen molar-refractivity contribution in [2.45, 2.75) is 26.8 Å². The molecule has 2 aromatic heterocycles. The number of nitrogens with zero attached hydrogens (tertiary/aromatic N) is 5. The van der Waals surface area contributed by atoms with Crippen LogP contribution in [-0.4, -0.2) is 36.9 Å². The highest BCUT2D eigenvalue weighted by Crippen LogP contribution is 2.28. The van der Waals surface area contributed by atoms with Crippen LogP contribution in [0.2, 0.25) is 0 Å². The second-order valence-electron chi connectivity index (χ2n) is 5.48. The minimum absolute atomic E-state index is 0.269. The van der Waals surface area contributed by atoms with E-state index in [2.05, 4.69) is 30.3 Å². The minimum atomic E-state index is -0.269. The SMILES string of the molecule is Cc1nc(C)n(CCCNC(=O)Nc2snnc2-c2ccccc2)n1. The van der Waals surface area contributed by atoms with Gasteiger partial charge in [-0.2, -0.15) is 5.10 Å². The summed E-state index contributed by atoms with van der Waals surface area (Å²) in [6.07, 6.45) is 0.767. The standard InChI is InChI=1S/C16H19N7OS/c1-11-18-12(2)23(21-11)10-6-9-17-16(24)19-15-14(20-22-25-15)13-7-4-3-5-8-13/h3-5,7-8H,6,9-10H2,1-2H3,(H2,17,19,24). The minimum Gasteiger partial charge on any atom is -0.338 e. The molecule has 3 rings (SSSR count). The van der Waals surface area contributed by atoms with Crippen LogP contribution in [0.25, 0.3) is 11.3 Å². The molecule has 0 saturated heterocycles. The predicted octanol–water partition coefficient (Wildman–Crippen LogP) is 2.63. The number of hydrogen-bond acceptors (Lipinski definition) is 6. The zero-order valence-corrected chi connectivity index (χ0v) is 14.9. The molecule has 0 bridgehead atoms. The third kappa shape index (κ3) is 4.38. The summed E-state index contributed by atoms with van der Waals surface area (Å²) in [4.78, 5) is 16.3. The van der Waals surface area contributed by atoms with Crippen LogP contribution in [0.3, 0.4) is 0 Å². The molecule has 0 aliphatic rings. The first kappa shape index (κ1) is 17.0. The van der Waals surface area contributed by atoms with Crippen LogP contribution >= 0.6 is 11.5 Å². The Morgan fingerprint density at radius 2 is 2.04 bits per heavy atom. The Morgan fingerprint density at radius 3 is 2.76 bits per heavy atom. The Balaban J connectivity index is 1.49. The van der Waals surface area contributed by atoms with Gasteiger partial charge < -0.3 is 5.32 Å². The summed E-state index contributed by atoms with van der Waals surface area (Å²) in [7, 11) is 0. The lowest BCUT2D eigenvalue weighted by atomic mass is 10.2. The molecule has 0 unspecified atom stereocenters. The topological polar surface area (TPSA) is 97.6 Å². The molecule has 130 valence electrons. The maximum Gasteiger partial charge on any atom is 0.319 e. The fourth-order valence-corrected chi connectivity index (χ4v) is 3.00. The monoisotopic (exact) mass is 357 g/mol. The first-order chi connectivity index (χ1) is 12.1. The van der Waals surface area contributed by atoms with Crippen molar-refractivity contribution in [3.8, 4) is 11.3 Å². The van der Waals surface area contributed by atoms with Crippen LogP contribution in [0.1, 0.15) is 18.1 Å². The van der Waals surface area contributed by atoms with Gasteiger partial charge in [0.1, 0.15) is 22.3 Å². The van der Waals surface area contributed by atoms with Crippen molar-refractivity contribution in [1.82, 2.24) is 29.7 Å². The summed E-state index contributed by atoms with van der Waals surface area (Å²) in [6, 6.07) is 9.37. The fraction of sp³-hybridized carbons (Fsp3) is 0.312. The molecule has 2 heterocycles. The van der Waals surface area contributed by atoms with Gasteiger partial charge in [0, 0.05) is 30.2 Å². The number of hydrogen-bond donors (Lipinski definition) is 2. The maximum atomic E-state index is 12.1. The normalized spacial score (nSPS) is 10.6. The van der Waals surface area contributed by atoms with Gasteiger partial charge in [-0.3, -0.25) is 10.00 Å². The van der Waals surface area contributed by atoms with Crippen LogP contribution in [0.4, 0.5) is 9.80 Å². The van der Waals surface area contributed by atoms with Gasteiger partial charge >= 0.3 is 6.03 Å². The number of benzene rings is 1. The van der Waals surface area contributed by atoms with E-state index < -0.39 is 0 Å². The van der Waals surface area contributed by atoms with E-state index in [1.165, 1.54) is 0 Å². The summed E-state index contributed by atoms with van der Waals surface area (Å²) in [5.74, 6) is 1.64. The van der Waals surface area contributed by atoms with Gasteiger partial charge in [-0.05, 0) is 20.3 Å². The van der Waals surface area contributed by atoms with Gasteiger partial charge in [-0.25, -0.2) is 9.78 Å². The van der Waals surface area contributed by atoms with Crippen molar-refractivity contribution < 1.29 is 4.79 Å². The second kappa shape index (κ2) is 7.84. The molecule has 0 aliphatic heterocycles. The molecule has 8 nitrogen and oxygen atoms in total. The summed E-state index contributed by atoms with van der Waals surface area (Å²) >= 11 is 1.16. The number of aromatic nitrogens is 5. The van der Waals surface area contributed by atoms with E-state index >= 15 is 0 Å². The number of carbonyl (C=O) groups excluding carboxylic acids is 1. The van der Waals surface area contributed by atoms with Gasteiger partial charge in [0.05, 0.1) is 0 Å².